The predicted octanol–water partition coefficient (Wildman–Crippen LogP) is 2.91. The summed E-state index contributed by atoms with van der Waals surface area (Å²) in [5.41, 5.74) is 0. The first-order valence-corrected chi connectivity index (χ1v) is 7.36. The van der Waals surface area contributed by atoms with Gasteiger partial charge in [-0.3, -0.25) is 0 Å². The van der Waals surface area contributed by atoms with Gasteiger partial charge in [0.05, 0.1) is 5.25 Å². The zero-order valence-electron chi connectivity index (χ0n) is 8.00. The molecule has 13 heavy (non-hydrogen) atoms. The normalized spacial score (nSPS) is 31.2. The zero-order valence-corrected chi connectivity index (χ0v) is 9.57. The molecule has 0 spiro atoms. The van der Waals surface area contributed by atoms with E-state index in [1.165, 1.54) is 0 Å². The van der Waals surface area contributed by atoms with E-state index in [-0.39, 0.29) is 11.2 Å². The van der Waals surface area contributed by atoms with Gasteiger partial charge in [0.25, 0.3) is 0 Å². The monoisotopic (exact) mass is 224 g/mol. The summed E-state index contributed by atoms with van der Waals surface area (Å²) < 4.78 is 22.5. The van der Waals surface area contributed by atoms with Crippen molar-refractivity contribution in [2.24, 2.45) is 5.92 Å². The van der Waals surface area contributed by atoms with Gasteiger partial charge in [-0.05, 0) is 18.8 Å². The highest BCUT2D eigenvalue weighted by Gasteiger charge is 2.31. The molecule has 0 aromatic heterocycles. The molecule has 0 bridgehead atoms. The smallest absolute Gasteiger partial charge is 0.212 e. The fraction of sp³-hybridized carbons (Fsp3) is 1.00. The van der Waals surface area contributed by atoms with E-state index >= 15 is 0 Å². The Labute approximate surface area is 85.1 Å². The Kier molecular flexibility index (Phi) is 4.05. The maximum Gasteiger partial charge on any atom is 0.235 e. The summed E-state index contributed by atoms with van der Waals surface area (Å²) in [6.07, 6.45) is 6.02. The lowest BCUT2D eigenvalue weighted by molar-refractivity contribution is 0.440. The summed E-state index contributed by atoms with van der Waals surface area (Å²) >= 11 is 0. The summed E-state index contributed by atoms with van der Waals surface area (Å²) in [7, 11) is 2.09. The van der Waals surface area contributed by atoms with Crippen molar-refractivity contribution in [1.82, 2.24) is 0 Å². The largest absolute Gasteiger partial charge is 0.235 e. The van der Waals surface area contributed by atoms with Crippen molar-refractivity contribution >= 4 is 19.7 Å². The maximum atomic E-state index is 11.3. The minimum Gasteiger partial charge on any atom is -0.212 e. The summed E-state index contributed by atoms with van der Waals surface area (Å²) in [5, 5.41) is -0.290. The predicted molar refractivity (Wildman–Crippen MR) is 55.4 cm³/mol. The van der Waals surface area contributed by atoms with Crippen LogP contribution in [-0.4, -0.2) is 13.7 Å². The molecule has 4 heteroatoms. The third kappa shape index (κ3) is 3.13. The van der Waals surface area contributed by atoms with E-state index in [9.17, 15) is 8.42 Å². The molecule has 0 amide bonds. The molecule has 0 N–H and O–H groups in total. The molecule has 0 aliphatic heterocycles. The third-order valence-corrected chi connectivity index (χ3v) is 5.01. The van der Waals surface area contributed by atoms with Crippen LogP contribution in [0, 0.1) is 5.92 Å². The van der Waals surface area contributed by atoms with Crippen LogP contribution >= 0.6 is 10.7 Å². The first kappa shape index (κ1) is 11.3. The van der Waals surface area contributed by atoms with Crippen molar-refractivity contribution in [3.8, 4) is 0 Å². The molecule has 1 rings (SSSR count). The fourth-order valence-electron chi connectivity index (χ4n) is 2.19. The topological polar surface area (TPSA) is 34.1 Å². The Morgan fingerprint density at radius 1 is 1.23 bits per heavy atom. The van der Waals surface area contributed by atoms with E-state index < -0.39 is 9.05 Å². The van der Waals surface area contributed by atoms with Crippen LogP contribution in [-0.2, 0) is 9.05 Å². The number of hydrogen-bond donors (Lipinski definition) is 0. The first-order chi connectivity index (χ1) is 6.05. The van der Waals surface area contributed by atoms with E-state index in [2.05, 4.69) is 0 Å². The zero-order chi connectivity index (χ0) is 9.90. The van der Waals surface area contributed by atoms with E-state index in [1.54, 1.807) is 0 Å². The summed E-state index contributed by atoms with van der Waals surface area (Å²) in [6, 6.07) is 0. The highest BCUT2D eigenvalue weighted by atomic mass is 35.7. The minimum atomic E-state index is -3.34. The van der Waals surface area contributed by atoms with Crippen molar-refractivity contribution in [3.05, 3.63) is 0 Å². The molecule has 1 saturated carbocycles. The van der Waals surface area contributed by atoms with Crippen LogP contribution in [0.1, 0.15) is 45.4 Å². The van der Waals surface area contributed by atoms with Gasteiger partial charge in [0.2, 0.25) is 9.05 Å². The average molecular weight is 225 g/mol. The molecule has 0 heterocycles. The van der Waals surface area contributed by atoms with Crippen LogP contribution in [0.25, 0.3) is 0 Å². The summed E-state index contributed by atoms with van der Waals surface area (Å²) in [4.78, 5) is 0. The highest BCUT2D eigenvalue weighted by Crippen LogP contribution is 2.32. The Hall–Kier alpha value is 0.240. The van der Waals surface area contributed by atoms with Crippen LogP contribution in [0.5, 0.6) is 0 Å². The molecule has 2 unspecified atom stereocenters. The summed E-state index contributed by atoms with van der Waals surface area (Å²) in [6.45, 7) is 2.05. The summed E-state index contributed by atoms with van der Waals surface area (Å²) in [5.74, 6) is 0.282. The van der Waals surface area contributed by atoms with Gasteiger partial charge in [-0.25, -0.2) is 8.42 Å². The van der Waals surface area contributed by atoms with E-state index in [0.29, 0.717) is 0 Å². The van der Waals surface area contributed by atoms with Crippen molar-refractivity contribution in [3.63, 3.8) is 0 Å². The molecule has 78 valence electrons. The van der Waals surface area contributed by atoms with Crippen LogP contribution in [0.3, 0.4) is 0 Å². The Balaban J connectivity index is 2.77. The lowest BCUT2D eigenvalue weighted by atomic mass is 9.97. The Bertz CT molecular complexity index is 248. The fourth-order valence-corrected chi connectivity index (χ4v) is 4.13. The molecule has 0 radical (unpaired) electrons. The molecular formula is C9H17ClO2S. The lowest BCUT2D eigenvalue weighted by Gasteiger charge is -2.20. The van der Waals surface area contributed by atoms with Gasteiger partial charge in [0.15, 0.2) is 0 Å². The van der Waals surface area contributed by atoms with Crippen molar-refractivity contribution in [2.75, 3.05) is 0 Å². The van der Waals surface area contributed by atoms with Crippen molar-refractivity contribution < 1.29 is 8.42 Å². The standard InChI is InChI=1S/C9H17ClO2S/c1-2-8-6-4-3-5-7-9(8)13(10,11)12/h8-9H,2-7H2,1H3. The minimum absolute atomic E-state index is 0.282. The van der Waals surface area contributed by atoms with Gasteiger partial charge in [0, 0.05) is 10.7 Å². The molecule has 1 aliphatic carbocycles. The van der Waals surface area contributed by atoms with Crippen LogP contribution < -0.4 is 0 Å². The maximum absolute atomic E-state index is 11.3. The molecule has 2 atom stereocenters. The molecule has 1 aliphatic rings. The highest BCUT2D eigenvalue weighted by molar-refractivity contribution is 8.14. The van der Waals surface area contributed by atoms with E-state index in [4.69, 9.17) is 10.7 Å². The first-order valence-electron chi connectivity index (χ1n) is 4.99. The van der Waals surface area contributed by atoms with Crippen LogP contribution in [0.15, 0.2) is 0 Å². The van der Waals surface area contributed by atoms with Gasteiger partial charge in [-0.2, -0.15) is 0 Å². The number of halogens is 1. The second-order valence-electron chi connectivity index (χ2n) is 3.82. The molecule has 0 aromatic carbocycles. The third-order valence-electron chi connectivity index (χ3n) is 2.98. The second-order valence-corrected chi connectivity index (χ2v) is 6.67. The molecule has 2 nitrogen and oxygen atoms in total. The van der Waals surface area contributed by atoms with Gasteiger partial charge < -0.3 is 0 Å². The quantitative estimate of drug-likeness (QED) is 0.534. The molecule has 0 saturated heterocycles. The van der Waals surface area contributed by atoms with Crippen molar-refractivity contribution in [2.45, 2.75) is 50.7 Å². The SMILES string of the molecule is CCC1CCCCCC1S(=O)(=O)Cl. The molecule has 0 aromatic rings. The van der Waals surface area contributed by atoms with Gasteiger partial charge in [0.1, 0.15) is 0 Å². The van der Waals surface area contributed by atoms with Gasteiger partial charge >= 0.3 is 0 Å². The van der Waals surface area contributed by atoms with Gasteiger partial charge in [-0.1, -0.05) is 32.6 Å². The molecular weight excluding hydrogens is 208 g/mol. The average Bonchev–Trinajstić information content (AvgIpc) is 2.26. The van der Waals surface area contributed by atoms with E-state index in [0.717, 1.165) is 38.5 Å². The number of rotatable bonds is 2. The Morgan fingerprint density at radius 3 is 2.38 bits per heavy atom. The van der Waals surface area contributed by atoms with Crippen LogP contribution in [0.4, 0.5) is 0 Å². The molecule has 1 fully saturated rings. The van der Waals surface area contributed by atoms with Crippen LogP contribution in [0.2, 0.25) is 0 Å². The van der Waals surface area contributed by atoms with Crippen molar-refractivity contribution in [1.29, 1.82) is 0 Å². The lowest BCUT2D eigenvalue weighted by Crippen LogP contribution is -2.25. The second kappa shape index (κ2) is 4.65. The van der Waals surface area contributed by atoms with Gasteiger partial charge in [-0.15, -0.1) is 0 Å². The number of hydrogen-bond acceptors (Lipinski definition) is 2. The Morgan fingerprint density at radius 2 is 1.85 bits per heavy atom. The van der Waals surface area contributed by atoms with E-state index in [1.807, 2.05) is 6.92 Å².